The van der Waals surface area contributed by atoms with Crippen molar-refractivity contribution in [2.75, 3.05) is 7.05 Å². The molecule has 0 aliphatic carbocycles. The molecule has 6 nitrogen and oxygen atoms in total. The maximum atomic E-state index is 8.36. The van der Waals surface area contributed by atoms with E-state index in [1.807, 2.05) is 0 Å². The fourth-order valence-electron chi connectivity index (χ4n) is 0. The summed E-state index contributed by atoms with van der Waals surface area (Å²) in [6, 6.07) is 0. The van der Waals surface area contributed by atoms with Crippen LogP contribution in [-0.2, 0) is 19.5 Å². The van der Waals surface area contributed by atoms with Gasteiger partial charge in [0.25, 0.3) is 5.09 Å². The molecule has 0 aliphatic rings. The summed E-state index contributed by atoms with van der Waals surface area (Å²) in [7, 11) is 1.50. The number of hydrogen-bond donors (Lipinski definition) is 2. The molecule has 3 N–H and O–H groups in total. The molecule has 0 rings (SSSR count). The third kappa shape index (κ3) is 383. The standard InChI is InChI=1S/CH5N.Co.HNO3.O/c1-2;;2-1(3)4;/h2H2,1H3;;(H,2,3,4);. The van der Waals surface area contributed by atoms with Crippen LogP contribution in [-0.4, -0.2) is 17.3 Å². The molecule has 0 radical (unpaired) electrons. The van der Waals surface area contributed by atoms with Gasteiger partial charge in [-0.1, -0.05) is 0 Å². The summed E-state index contributed by atoms with van der Waals surface area (Å²) in [6.45, 7) is 0. The predicted octanol–water partition coefficient (Wildman–Crippen LogP) is -0.894. The first-order chi connectivity index (χ1) is 3.73. The second-order valence-corrected chi connectivity index (χ2v) is 0.238. The molecular weight excluding hydrogens is 163 g/mol. The topological polar surface area (TPSA) is 106 Å². The summed E-state index contributed by atoms with van der Waals surface area (Å²) in [4.78, 5) is 8.36. The van der Waals surface area contributed by atoms with Gasteiger partial charge in [-0.15, -0.1) is 10.1 Å². The average molecular weight is 169 g/mol. The molecule has 0 saturated heterocycles. The molecule has 53 valence electrons. The molecule has 0 aliphatic heterocycles. The summed E-state index contributed by atoms with van der Waals surface area (Å²) >= 11 is 2.31. The molecule has 0 atom stereocenters. The van der Waals surface area contributed by atoms with Crippen molar-refractivity contribution in [3.63, 3.8) is 0 Å². The molecule has 0 spiro atoms. The minimum absolute atomic E-state index is 1.50. The molecule has 0 bridgehead atoms. The Morgan fingerprint density at radius 1 is 1.62 bits per heavy atom. The van der Waals surface area contributed by atoms with Crippen molar-refractivity contribution in [2.24, 2.45) is 5.73 Å². The fourth-order valence-corrected chi connectivity index (χ4v) is 0. The molecule has 0 saturated carbocycles. The molecule has 0 amide bonds. The van der Waals surface area contributed by atoms with Gasteiger partial charge in [0.1, 0.15) is 0 Å². The van der Waals surface area contributed by atoms with Crippen molar-refractivity contribution in [3.05, 3.63) is 10.1 Å². The van der Waals surface area contributed by atoms with Gasteiger partial charge in [0, 0.05) is 0 Å². The first-order valence-electron chi connectivity index (χ1n) is 1.28. The molecule has 0 unspecified atom stereocenters. The van der Waals surface area contributed by atoms with Gasteiger partial charge in [0.2, 0.25) is 0 Å². The third-order valence-corrected chi connectivity index (χ3v) is 0. The Bertz CT molecular complexity index is 45.3. The van der Waals surface area contributed by atoms with Gasteiger partial charge in [0.05, 0.1) is 0 Å². The van der Waals surface area contributed by atoms with Crippen LogP contribution in [0.2, 0.25) is 0 Å². The van der Waals surface area contributed by atoms with Crippen molar-refractivity contribution in [1.29, 1.82) is 0 Å². The molecule has 0 aromatic rings. The molecule has 0 fully saturated rings. The summed E-state index contributed by atoms with van der Waals surface area (Å²) < 4.78 is 7.94. The van der Waals surface area contributed by atoms with E-state index in [1.54, 1.807) is 0 Å². The van der Waals surface area contributed by atoms with Crippen LogP contribution in [0.1, 0.15) is 0 Å². The Morgan fingerprint density at radius 3 is 1.62 bits per heavy atom. The Labute approximate surface area is 53.6 Å². The van der Waals surface area contributed by atoms with E-state index in [2.05, 4.69) is 21.4 Å². The zero-order valence-corrected chi connectivity index (χ0v) is 5.07. The van der Waals surface area contributed by atoms with E-state index in [9.17, 15) is 0 Å². The van der Waals surface area contributed by atoms with Gasteiger partial charge in [-0.2, -0.15) is 0 Å². The van der Waals surface area contributed by atoms with E-state index < -0.39 is 5.09 Å². The first-order valence-corrected chi connectivity index (χ1v) is 1.70. The Balaban J connectivity index is -0.0000000542. The van der Waals surface area contributed by atoms with Gasteiger partial charge >= 0.3 is 19.5 Å². The average Bonchev–Trinajstić information content (AvgIpc) is 1.75. The zero-order valence-electron chi connectivity index (χ0n) is 4.03. The fraction of sp³-hybridized carbons (Fsp3) is 1.00. The van der Waals surface area contributed by atoms with Crippen molar-refractivity contribution in [1.82, 2.24) is 0 Å². The summed E-state index contributed by atoms with van der Waals surface area (Å²) in [6.07, 6.45) is 0. The molecule has 0 aromatic heterocycles. The van der Waals surface area contributed by atoms with Crippen LogP contribution < -0.4 is 5.73 Å². The van der Waals surface area contributed by atoms with E-state index in [0.29, 0.717) is 0 Å². The summed E-state index contributed by atoms with van der Waals surface area (Å²) in [5.41, 5.74) is 4.50. The van der Waals surface area contributed by atoms with Crippen LogP contribution in [0, 0.1) is 10.1 Å². The van der Waals surface area contributed by atoms with Crippen LogP contribution in [0.15, 0.2) is 0 Å². The molecular formula is CH6CoN2O4. The molecule has 7 heteroatoms. The van der Waals surface area contributed by atoms with E-state index in [4.69, 9.17) is 19.2 Å². The Morgan fingerprint density at radius 2 is 1.62 bits per heavy atom. The van der Waals surface area contributed by atoms with Gasteiger partial charge in [-0.25, -0.2) is 0 Å². The van der Waals surface area contributed by atoms with Crippen LogP contribution in [0.3, 0.4) is 0 Å². The summed E-state index contributed by atoms with van der Waals surface area (Å²) in [5.74, 6) is 0. The van der Waals surface area contributed by atoms with Crippen LogP contribution in [0.25, 0.3) is 0 Å². The monoisotopic (exact) mass is 169 g/mol. The number of rotatable bonds is 0. The first kappa shape index (κ1) is 15.7. The third-order valence-electron chi connectivity index (χ3n) is 0. The Kier molecular flexibility index (Phi) is 62.1. The normalized spacial score (nSPS) is 4.38. The second-order valence-electron chi connectivity index (χ2n) is 0.238. The van der Waals surface area contributed by atoms with Crippen LogP contribution >= 0.6 is 0 Å². The van der Waals surface area contributed by atoms with Crippen molar-refractivity contribution in [3.8, 4) is 0 Å². The van der Waals surface area contributed by atoms with Crippen molar-refractivity contribution >= 4 is 0 Å². The van der Waals surface area contributed by atoms with Crippen LogP contribution in [0.5, 0.6) is 0 Å². The Hall–Kier alpha value is -0.534. The molecule has 0 aromatic carbocycles. The molecule has 8 heavy (non-hydrogen) atoms. The van der Waals surface area contributed by atoms with Gasteiger partial charge < -0.3 is 10.9 Å². The number of nitrogens with zero attached hydrogens (tertiary/aromatic N) is 1. The van der Waals surface area contributed by atoms with E-state index in [1.165, 1.54) is 7.05 Å². The second kappa shape index (κ2) is 31.8. The quantitative estimate of drug-likeness (QED) is 0.361. The minimum atomic E-state index is -1.50. The van der Waals surface area contributed by atoms with E-state index in [-0.39, 0.29) is 0 Å². The van der Waals surface area contributed by atoms with Crippen molar-refractivity contribution in [2.45, 2.75) is 0 Å². The maximum absolute atomic E-state index is 8.36. The zero-order chi connectivity index (χ0) is 7.58. The summed E-state index contributed by atoms with van der Waals surface area (Å²) in [5, 5.41) is 13.6. The van der Waals surface area contributed by atoms with Gasteiger partial charge in [-0.05, 0) is 7.05 Å². The van der Waals surface area contributed by atoms with Crippen LogP contribution in [0.4, 0.5) is 0 Å². The number of hydrogen-bond acceptors (Lipinski definition) is 4. The predicted molar refractivity (Wildman–Crippen MR) is 19.6 cm³/mol. The molecule has 0 heterocycles. The SMILES string of the molecule is CN.O=[N+]([O-])O.[O]=[Co]. The van der Waals surface area contributed by atoms with Crippen molar-refractivity contribution < 1.29 is 29.8 Å². The number of nitrogens with two attached hydrogens (primary N) is 1. The van der Waals surface area contributed by atoms with Gasteiger partial charge in [0.15, 0.2) is 0 Å². The van der Waals surface area contributed by atoms with E-state index in [0.717, 1.165) is 0 Å². The van der Waals surface area contributed by atoms with E-state index >= 15 is 0 Å². The van der Waals surface area contributed by atoms with Gasteiger partial charge in [-0.3, -0.25) is 0 Å².